The summed E-state index contributed by atoms with van der Waals surface area (Å²) in [5, 5.41) is 12.5. The first kappa shape index (κ1) is 18.4. The third kappa shape index (κ3) is 3.45. The maximum atomic E-state index is 14.2. The average molecular weight is 388 g/mol. The molecule has 7 nitrogen and oxygen atoms in total. The quantitative estimate of drug-likeness (QED) is 0.817. The van der Waals surface area contributed by atoms with Crippen molar-refractivity contribution in [3.8, 4) is 11.5 Å². The Bertz CT molecular complexity index is 828. The molecule has 1 aromatic carbocycles. The molecule has 26 heavy (non-hydrogen) atoms. The van der Waals surface area contributed by atoms with Crippen molar-refractivity contribution in [2.24, 2.45) is 7.05 Å². The van der Waals surface area contributed by atoms with E-state index < -0.39 is 30.3 Å². The van der Waals surface area contributed by atoms with Crippen LogP contribution in [0.3, 0.4) is 0 Å². The molecule has 0 radical (unpaired) electrons. The second kappa shape index (κ2) is 7.08. The number of nitrogens with zero attached hydrogens (tertiary/aromatic N) is 2. The summed E-state index contributed by atoms with van der Waals surface area (Å²) < 4.78 is 40.1. The summed E-state index contributed by atoms with van der Waals surface area (Å²) in [5.41, 5.74) is 0.305. The molecule has 1 atom stereocenters. The van der Waals surface area contributed by atoms with Crippen LogP contribution in [0, 0.1) is 0 Å². The minimum absolute atomic E-state index is 0.223. The van der Waals surface area contributed by atoms with Crippen molar-refractivity contribution in [1.82, 2.24) is 14.9 Å². The lowest BCUT2D eigenvalue weighted by Crippen LogP contribution is -2.41. The molecule has 3 rings (SSSR count). The van der Waals surface area contributed by atoms with Gasteiger partial charge in [-0.2, -0.15) is 8.78 Å². The standard InChI is InChI=1S/C16H16ClF2N3O4/c1-22-3-2-20-14(22)16(18,19)15(24)21-8-11(23)9-6-10(17)13-12(7-9)25-4-5-26-13/h2-3,6-7,11,23H,4-5,8H2,1H3,(H,21,24). The van der Waals surface area contributed by atoms with E-state index in [1.807, 2.05) is 5.32 Å². The highest BCUT2D eigenvalue weighted by Gasteiger charge is 2.44. The van der Waals surface area contributed by atoms with Gasteiger partial charge in [0.1, 0.15) is 13.2 Å². The van der Waals surface area contributed by atoms with E-state index in [9.17, 15) is 18.7 Å². The van der Waals surface area contributed by atoms with Gasteiger partial charge < -0.3 is 24.5 Å². The SMILES string of the molecule is Cn1ccnc1C(F)(F)C(=O)NCC(O)c1cc(Cl)c2c(c1)OCCO2. The Morgan fingerprint density at radius 1 is 1.46 bits per heavy atom. The Balaban J connectivity index is 1.69. The summed E-state index contributed by atoms with van der Waals surface area (Å²) in [4.78, 5) is 15.3. The topological polar surface area (TPSA) is 85.6 Å². The van der Waals surface area contributed by atoms with Gasteiger partial charge in [0.2, 0.25) is 0 Å². The van der Waals surface area contributed by atoms with Gasteiger partial charge in [-0.1, -0.05) is 11.6 Å². The number of imidazole rings is 1. The normalized spacial score (nSPS) is 14.8. The number of carbonyl (C=O) groups is 1. The van der Waals surface area contributed by atoms with Gasteiger partial charge in [0.25, 0.3) is 5.91 Å². The fraction of sp³-hybridized carbons (Fsp3) is 0.375. The molecule has 0 saturated heterocycles. The number of nitrogens with one attached hydrogen (secondary N) is 1. The van der Waals surface area contributed by atoms with E-state index in [2.05, 4.69) is 4.98 Å². The lowest BCUT2D eigenvalue weighted by molar-refractivity contribution is -0.149. The summed E-state index contributed by atoms with van der Waals surface area (Å²) in [7, 11) is 1.36. The minimum Gasteiger partial charge on any atom is -0.486 e. The second-order valence-corrected chi connectivity index (χ2v) is 6.10. The van der Waals surface area contributed by atoms with Crippen molar-refractivity contribution in [2.45, 2.75) is 12.0 Å². The summed E-state index contributed by atoms with van der Waals surface area (Å²) >= 11 is 6.08. The van der Waals surface area contributed by atoms with Gasteiger partial charge >= 0.3 is 5.92 Å². The summed E-state index contributed by atoms with van der Waals surface area (Å²) in [5.74, 6) is -5.37. The molecule has 0 aliphatic carbocycles. The number of hydrogen-bond donors (Lipinski definition) is 2. The second-order valence-electron chi connectivity index (χ2n) is 5.69. The van der Waals surface area contributed by atoms with Crippen LogP contribution in [-0.4, -0.2) is 40.3 Å². The van der Waals surface area contributed by atoms with Gasteiger partial charge in [0, 0.05) is 26.0 Å². The number of aryl methyl sites for hydroxylation is 1. The monoisotopic (exact) mass is 387 g/mol. The fourth-order valence-corrected chi connectivity index (χ4v) is 2.78. The first-order valence-electron chi connectivity index (χ1n) is 7.71. The maximum absolute atomic E-state index is 14.2. The van der Waals surface area contributed by atoms with Crippen LogP contribution in [0.5, 0.6) is 11.5 Å². The number of ether oxygens (including phenoxy) is 2. The molecule has 0 saturated carbocycles. The first-order valence-corrected chi connectivity index (χ1v) is 8.09. The maximum Gasteiger partial charge on any atom is 0.381 e. The zero-order valence-electron chi connectivity index (χ0n) is 13.7. The highest BCUT2D eigenvalue weighted by molar-refractivity contribution is 6.32. The summed E-state index contributed by atoms with van der Waals surface area (Å²) in [6.07, 6.45) is 1.22. The van der Waals surface area contributed by atoms with Crippen molar-refractivity contribution < 1.29 is 28.2 Å². The largest absolute Gasteiger partial charge is 0.486 e. The number of aromatic nitrogens is 2. The van der Waals surface area contributed by atoms with E-state index in [0.717, 1.165) is 4.57 Å². The molecule has 1 amide bonds. The van der Waals surface area contributed by atoms with Crippen LogP contribution in [0.25, 0.3) is 0 Å². The van der Waals surface area contributed by atoms with Crippen LogP contribution in [0.15, 0.2) is 24.5 Å². The lowest BCUT2D eigenvalue weighted by Gasteiger charge is -2.22. The Labute approximate surface area is 152 Å². The van der Waals surface area contributed by atoms with Gasteiger partial charge in [-0.15, -0.1) is 0 Å². The molecule has 10 heteroatoms. The van der Waals surface area contributed by atoms with Gasteiger partial charge in [-0.25, -0.2) is 4.98 Å². The van der Waals surface area contributed by atoms with Crippen molar-refractivity contribution in [2.75, 3.05) is 19.8 Å². The molecule has 140 valence electrons. The molecule has 2 N–H and O–H groups in total. The van der Waals surface area contributed by atoms with Gasteiger partial charge in [0.15, 0.2) is 17.3 Å². The Kier molecular flexibility index (Phi) is 5.01. The first-order chi connectivity index (χ1) is 12.3. The molecule has 1 unspecified atom stereocenters. The number of fused-ring (bicyclic) bond motifs is 1. The number of rotatable bonds is 5. The Morgan fingerprint density at radius 2 is 2.19 bits per heavy atom. The number of benzene rings is 1. The van der Waals surface area contributed by atoms with E-state index in [0.29, 0.717) is 30.3 Å². The van der Waals surface area contributed by atoms with Crippen LogP contribution >= 0.6 is 11.6 Å². The van der Waals surface area contributed by atoms with Crippen LogP contribution in [-0.2, 0) is 17.8 Å². The van der Waals surface area contributed by atoms with Crippen molar-refractivity contribution >= 4 is 17.5 Å². The molecule has 0 bridgehead atoms. The number of hydrogen-bond acceptors (Lipinski definition) is 5. The van der Waals surface area contributed by atoms with E-state index in [4.69, 9.17) is 21.1 Å². The number of aliphatic hydroxyl groups is 1. The van der Waals surface area contributed by atoms with Crippen molar-refractivity contribution in [3.63, 3.8) is 0 Å². The van der Waals surface area contributed by atoms with Crippen LogP contribution < -0.4 is 14.8 Å². The van der Waals surface area contributed by atoms with Gasteiger partial charge in [-0.05, 0) is 17.7 Å². The Hall–Kier alpha value is -2.39. The Morgan fingerprint density at radius 3 is 2.88 bits per heavy atom. The summed E-state index contributed by atoms with van der Waals surface area (Å²) in [6.45, 7) is 0.247. The number of halogens is 3. The fourth-order valence-electron chi connectivity index (χ4n) is 2.51. The third-order valence-electron chi connectivity index (χ3n) is 3.85. The third-order valence-corrected chi connectivity index (χ3v) is 4.13. The zero-order valence-corrected chi connectivity index (χ0v) is 14.5. The van der Waals surface area contributed by atoms with Crippen LogP contribution in [0.1, 0.15) is 17.5 Å². The van der Waals surface area contributed by atoms with E-state index in [1.54, 1.807) is 0 Å². The lowest BCUT2D eigenvalue weighted by atomic mass is 10.1. The molecule has 2 heterocycles. The number of amides is 1. The number of alkyl halides is 2. The van der Waals surface area contributed by atoms with Crippen LogP contribution in [0.2, 0.25) is 5.02 Å². The van der Waals surface area contributed by atoms with Gasteiger partial charge in [0.05, 0.1) is 11.1 Å². The van der Waals surface area contributed by atoms with Crippen molar-refractivity contribution in [1.29, 1.82) is 0 Å². The molecule has 0 spiro atoms. The van der Waals surface area contributed by atoms with Crippen molar-refractivity contribution in [3.05, 3.63) is 40.9 Å². The van der Waals surface area contributed by atoms with E-state index in [1.165, 1.54) is 31.6 Å². The van der Waals surface area contributed by atoms with E-state index >= 15 is 0 Å². The average Bonchev–Trinajstić information content (AvgIpc) is 3.06. The number of carbonyl (C=O) groups excluding carboxylic acids is 1. The molecule has 1 aliphatic heterocycles. The van der Waals surface area contributed by atoms with E-state index in [-0.39, 0.29) is 5.02 Å². The highest BCUT2D eigenvalue weighted by Crippen LogP contribution is 2.39. The molecule has 0 fully saturated rings. The molecule has 1 aliphatic rings. The van der Waals surface area contributed by atoms with Crippen LogP contribution in [0.4, 0.5) is 8.78 Å². The summed E-state index contributed by atoms with van der Waals surface area (Å²) in [6, 6.07) is 2.93. The molecule has 2 aromatic rings. The predicted molar refractivity (Wildman–Crippen MR) is 87.5 cm³/mol. The minimum atomic E-state index is -3.83. The zero-order chi connectivity index (χ0) is 18.9. The molecular weight excluding hydrogens is 372 g/mol. The smallest absolute Gasteiger partial charge is 0.381 e. The van der Waals surface area contributed by atoms with Gasteiger partial charge in [-0.3, -0.25) is 4.79 Å². The number of aliphatic hydroxyl groups excluding tert-OH is 1. The molecular formula is C16H16ClF2N3O4. The predicted octanol–water partition coefficient (Wildman–Crippen LogP) is 1.79. The highest BCUT2D eigenvalue weighted by atomic mass is 35.5. The molecule has 1 aromatic heterocycles.